The lowest BCUT2D eigenvalue weighted by atomic mass is 10.2. The number of carbonyl (C=O) groups is 1. The van der Waals surface area contributed by atoms with Crippen LogP contribution in [0.2, 0.25) is 0 Å². The van der Waals surface area contributed by atoms with Crippen LogP contribution in [-0.2, 0) is 4.74 Å². The van der Waals surface area contributed by atoms with Crippen LogP contribution in [0.3, 0.4) is 0 Å². The fourth-order valence-electron chi connectivity index (χ4n) is 1.88. The Morgan fingerprint density at radius 3 is 2.79 bits per heavy atom. The van der Waals surface area contributed by atoms with Crippen molar-refractivity contribution < 1.29 is 9.53 Å². The lowest BCUT2D eigenvalue weighted by Gasteiger charge is -2.27. The summed E-state index contributed by atoms with van der Waals surface area (Å²) in [6.07, 6.45) is 0. The van der Waals surface area contributed by atoms with Crippen molar-refractivity contribution in [3.8, 4) is 6.07 Å². The highest BCUT2D eigenvalue weighted by atomic mass is 32.2. The second-order valence-electron chi connectivity index (χ2n) is 3.96. The Kier molecular flexibility index (Phi) is 4.56. The van der Waals surface area contributed by atoms with E-state index in [1.807, 2.05) is 11.8 Å². The predicted molar refractivity (Wildman–Crippen MR) is 78.9 cm³/mol. The molecule has 1 saturated heterocycles. The molecule has 102 valence electrons. The molecule has 1 fully saturated rings. The summed E-state index contributed by atoms with van der Waals surface area (Å²) in [6, 6.07) is 2.11. The summed E-state index contributed by atoms with van der Waals surface area (Å²) in [4.78, 5) is 14.3. The maximum absolute atomic E-state index is 11.8. The third-order valence-corrected chi connectivity index (χ3v) is 4.99. The van der Waals surface area contributed by atoms with Crippen molar-refractivity contribution >= 4 is 39.8 Å². The minimum absolute atomic E-state index is 0.249. The Hall–Kier alpha value is -1.39. The van der Waals surface area contributed by atoms with Crippen LogP contribution < -0.4 is 10.6 Å². The molecule has 0 unspecified atom stereocenters. The van der Waals surface area contributed by atoms with Gasteiger partial charge in [-0.3, -0.25) is 0 Å². The van der Waals surface area contributed by atoms with E-state index in [9.17, 15) is 10.1 Å². The number of ether oxygens (including phenoxy) is 1. The highest BCUT2D eigenvalue weighted by Crippen LogP contribution is 2.39. The van der Waals surface area contributed by atoms with Gasteiger partial charge in [-0.1, -0.05) is 0 Å². The van der Waals surface area contributed by atoms with Gasteiger partial charge in [-0.25, -0.2) is 4.79 Å². The number of thioether (sulfide) groups is 1. The third-order valence-electron chi connectivity index (χ3n) is 2.80. The number of carbonyl (C=O) groups excluding carboxylic acids is 1. The highest BCUT2D eigenvalue weighted by molar-refractivity contribution is 7.99. The summed E-state index contributed by atoms with van der Waals surface area (Å²) in [5, 5.41) is 10.0. The topological polar surface area (TPSA) is 79.3 Å². The molecule has 0 aromatic carbocycles. The van der Waals surface area contributed by atoms with Crippen molar-refractivity contribution in [3.63, 3.8) is 0 Å². The summed E-state index contributed by atoms with van der Waals surface area (Å²) in [6.45, 7) is 3.80. The molecule has 2 rings (SSSR count). The summed E-state index contributed by atoms with van der Waals surface area (Å²) in [5.41, 5.74) is 6.56. The molecule has 1 aromatic rings. The van der Waals surface area contributed by atoms with E-state index in [0.29, 0.717) is 17.0 Å². The Morgan fingerprint density at radius 1 is 1.53 bits per heavy atom. The lowest BCUT2D eigenvalue weighted by molar-refractivity contribution is 0.0533. The Balaban J connectivity index is 2.35. The van der Waals surface area contributed by atoms with E-state index < -0.39 is 5.97 Å². The number of nitrogens with two attached hydrogens (primary N) is 1. The minimum atomic E-state index is -0.445. The molecule has 0 amide bonds. The van der Waals surface area contributed by atoms with Crippen molar-refractivity contribution in [2.24, 2.45) is 0 Å². The Bertz CT molecular complexity index is 516. The SMILES string of the molecule is CCOC(=O)c1sc(N2CCSCC2)c(C#N)c1N. The fourth-order valence-corrected chi connectivity index (χ4v) is 3.90. The van der Waals surface area contributed by atoms with Crippen molar-refractivity contribution in [1.82, 2.24) is 0 Å². The molecule has 0 bridgehead atoms. The zero-order chi connectivity index (χ0) is 13.8. The molecule has 1 aromatic heterocycles. The summed E-state index contributed by atoms with van der Waals surface area (Å²) in [5.74, 6) is 1.61. The van der Waals surface area contributed by atoms with Gasteiger partial charge in [-0.2, -0.15) is 17.0 Å². The fraction of sp³-hybridized carbons (Fsp3) is 0.500. The Labute approximate surface area is 120 Å². The second-order valence-corrected chi connectivity index (χ2v) is 6.18. The molecule has 7 heteroatoms. The first-order valence-corrected chi connectivity index (χ1v) is 7.98. The van der Waals surface area contributed by atoms with Gasteiger partial charge in [0.15, 0.2) is 0 Å². The van der Waals surface area contributed by atoms with E-state index >= 15 is 0 Å². The van der Waals surface area contributed by atoms with Gasteiger partial charge < -0.3 is 15.4 Å². The van der Waals surface area contributed by atoms with Gasteiger partial charge in [0.2, 0.25) is 0 Å². The average Bonchev–Trinajstić information content (AvgIpc) is 2.77. The van der Waals surface area contributed by atoms with E-state index in [-0.39, 0.29) is 5.69 Å². The van der Waals surface area contributed by atoms with Crippen LogP contribution in [0.4, 0.5) is 10.7 Å². The molecular weight excluding hydrogens is 282 g/mol. The van der Waals surface area contributed by atoms with E-state index in [2.05, 4.69) is 11.0 Å². The van der Waals surface area contributed by atoms with Gasteiger partial charge in [0, 0.05) is 24.6 Å². The third kappa shape index (κ3) is 2.80. The Morgan fingerprint density at radius 2 is 2.21 bits per heavy atom. The number of hydrogen-bond donors (Lipinski definition) is 1. The molecule has 19 heavy (non-hydrogen) atoms. The van der Waals surface area contributed by atoms with E-state index in [1.165, 1.54) is 11.3 Å². The van der Waals surface area contributed by atoms with Crippen molar-refractivity contribution in [1.29, 1.82) is 5.26 Å². The van der Waals surface area contributed by atoms with Crippen LogP contribution >= 0.6 is 23.1 Å². The van der Waals surface area contributed by atoms with Crippen molar-refractivity contribution in [2.75, 3.05) is 41.8 Å². The average molecular weight is 297 g/mol. The number of nitrogen functional groups attached to an aromatic ring is 1. The molecule has 0 radical (unpaired) electrons. The maximum Gasteiger partial charge on any atom is 0.350 e. The first-order chi connectivity index (χ1) is 9.19. The van der Waals surface area contributed by atoms with Crippen LogP contribution in [0.1, 0.15) is 22.2 Å². The lowest BCUT2D eigenvalue weighted by Crippen LogP contribution is -2.32. The molecule has 0 aliphatic carbocycles. The number of nitriles is 1. The molecule has 5 nitrogen and oxygen atoms in total. The second kappa shape index (κ2) is 6.17. The van der Waals surface area contributed by atoms with Gasteiger partial charge in [-0.15, -0.1) is 11.3 Å². The highest BCUT2D eigenvalue weighted by Gasteiger charge is 2.25. The molecule has 2 N–H and O–H groups in total. The molecule has 1 aliphatic heterocycles. The van der Waals surface area contributed by atoms with Crippen LogP contribution in [0, 0.1) is 11.3 Å². The van der Waals surface area contributed by atoms with Crippen LogP contribution in [0.5, 0.6) is 0 Å². The number of thiophene rings is 1. The number of rotatable bonds is 3. The largest absolute Gasteiger partial charge is 0.462 e. The molecule has 2 heterocycles. The maximum atomic E-state index is 11.8. The van der Waals surface area contributed by atoms with Gasteiger partial charge in [0.05, 0.1) is 12.3 Å². The van der Waals surface area contributed by atoms with Gasteiger partial charge in [0.25, 0.3) is 0 Å². The normalized spacial score (nSPS) is 15.1. The zero-order valence-corrected chi connectivity index (χ0v) is 12.3. The first kappa shape index (κ1) is 14.0. The quantitative estimate of drug-likeness (QED) is 0.859. The molecular formula is C12H15N3O2S2. The molecule has 0 spiro atoms. The summed E-state index contributed by atoms with van der Waals surface area (Å²) < 4.78 is 4.97. The predicted octanol–water partition coefficient (Wildman–Crippen LogP) is 1.93. The summed E-state index contributed by atoms with van der Waals surface area (Å²) in [7, 11) is 0. The number of esters is 1. The van der Waals surface area contributed by atoms with Crippen LogP contribution in [0.15, 0.2) is 0 Å². The first-order valence-electron chi connectivity index (χ1n) is 6.01. The monoisotopic (exact) mass is 297 g/mol. The summed E-state index contributed by atoms with van der Waals surface area (Å²) >= 11 is 3.15. The smallest absolute Gasteiger partial charge is 0.350 e. The van der Waals surface area contributed by atoms with Crippen LogP contribution in [-0.4, -0.2) is 37.2 Å². The standard InChI is InChI=1S/C12H15N3O2S2/c1-2-17-12(16)10-9(14)8(7-13)11(19-10)15-3-5-18-6-4-15/h2-6,14H2,1H3. The van der Waals surface area contributed by atoms with E-state index in [4.69, 9.17) is 10.5 Å². The number of hydrogen-bond acceptors (Lipinski definition) is 7. The van der Waals surface area contributed by atoms with Crippen molar-refractivity contribution in [2.45, 2.75) is 6.92 Å². The minimum Gasteiger partial charge on any atom is -0.462 e. The van der Waals surface area contributed by atoms with E-state index in [0.717, 1.165) is 29.6 Å². The zero-order valence-electron chi connectivity index (χ0n) is 10.6. The molecule has 1 aliphatic rings. The van der Waals surface area contributed by atoms with Crippen molar-refractivity contribution in [3.05, 3.63) is 10.4 Å². The van der Waals surface area contributed by atoms with Gasteiger partial charge >= 0.3 is 5.97 Å². The number of anilines is 2. The van der Waals surface area contributed by atoms with Gasteiger partial charge in [-0.05, 0) is 6.92 Å². The molecule has 0 saturated carbocycles. The number of nitrogens with zero attached hydrogens (tertiary/aromatic N) is 2. The van der Waals surface area contributed by atoms with E-state index in [1.54, 1.807) is 6.92 Å². The molecule has 0 atom stereocenters. The van der Waals surface area contributed by atoms with Crippen LogP contribution in [0.25, 0.3) is 0 Å². The van der Waals surface area contributed by atoms with Gasteiger partial charge in [0.1, 0.15) is 21.5 Å².